The molecule has 2 aliphatic heterocycles. The lowest BCUT2D eigenvalue weighted by Gasteiger charge is -2.28. The summed E-state index contributed by atoms with van der Waals surface area (Å²) in [6.45, 7) is 2.62. The fourth-order valence-corrected chi connectivity index (χ4v) is 4.05. The molecule has 0 aliphatic carbocycles. The monoisotopic (exact) mass is 330 g/mol. The number of amides is 1. The normalized spacial score (nSPS) is 26.6. The van der Waals surface area contributed by atoms with E-state index in [0.29, 0.717) is 6.42 Å². The van der Waals surface area contributed by atoms with Crippen LogP contribution in [-0.2, 0) is 4.79 Å². The number of nitrogens with zero attached hydrogens (tertiary/aromatic N) is 1. The Morgan fingerprint density at radius 1 is 1.52 bits per heavy atom. The van der Waals surface area contributed by atoms with E-state index in [1.54, 1.807) is 11.3 Å². The van der Waals surface area contributed by atoms with Crippen molar-refractivity contribution in [2.24, 2.45) is 5.92 Å². The second-order valence-electron chi connectivity index (χ2n) is 5.78. The minimum atomic E-state index is -0.435. The molecule has 4 nitrogen and oxygen atoms in total. The number of carbonyl (C=O) groups is 1. The molecule has 6 heteroatoms. The first-order valence-electron chi connectivity index (χ1n) is 7.48. The summed E-state index contributed by atoms with van der Waals surface area (Å²) < 4.78 is 0. The maximum Gasteiger partial charge on any atom is 0.227 e. The summed E-state index contributed by atoms with van der Waals surface area (Å²) in [5.74, 6) is 0.436. The van der Waals surface area contributed by atoms with Crippen LogP contribution in [0.25, 0.3) is 0 Å². The Morgan fingerprint density at radius 2 is 2.38 bits per heavy atom. The molecule has 0 aromatic carbocycles. The number of halogens is 1. The third-order valence-corrected chi connectivity index (χ3v) is 5.41. The first-order chi connectivity index (χ1) is 9.75. The lowest BCUT2D eigenvalue weighted by molar-refractivity contribution is -0.136. The predicted molar refractivity (Wildman–Crippen MR) is 86.9 cm³/mol. The van der Waals surface area contributed by atoms with E-state index in [9.17, 15) is 9.90 Å². The molecule has 0 bridgehead atoms. The second kappa shape index (κ2) is 7.58. The van der Waals surface area contributed by atoms with Crippen LogP contribution < -0.4 is 5.32 Å². The number of aliphatic hydroxyl groups excluding tert-OH is 1. The summed E-state index contributed by atoms with van der Waals surface area (Å²) in [6.07, 6.45) is 3.28. The smallest absolute Gasteiger partial charge is 0.227 e. The molecule has 3 rings (SSSR count). The Balaban J connectivity index is 0.00000161. The topological polar surface area (TPSA) is 52.6 Å². The largest absolute Gasteiger partial charge is 0.387 e. The summed E-state index contributed by atoms with van der Waals surface area (Å²) >= 11 is 1.59. The zero-order chi connectivity index (χ0) is 13.9. The first-order valence-corrected chi connectivity index (χ1v) is 8.36. The lowest BCUT2D eigenvalue weighted by Crippen LogP contribution is -2.40. The summed E-state index contributed by atoms with van der Waals surface area (Å²) in [5.41, 5.74) is 0. The molecule has 2 fully saturated rings. The summed E-state index contributed by atoms with van der Waals surface area (Å²) in [5, 5.41) is 15.5. The maximum atomic E-state index is 12.5. The Morgan fingerprint density at radius 3 is 3.05 bits per heavy atom. The highest BCUT2D eigenvalue weighted by molar-refractivity contribution is 7.10. The van der Waals surface area contributed by atoms with Crippen molar-refractivity contribution in [1.82, 2.24) is 10.2 Å². The Labute approximate surface area is 135 Å². The van der Waals surface area contributed by atoms with Crippen LogP contribution in [-0.4, -0.2) is 41.6 Å². The van der Waals surface area contributed by atoms with Crippen molar-refractivity contribution < 1.29 is 9.90 Å². The number of thiophene rings is 1. The molecule has 3 atom stereocenters. The molecular formula is C15H23ClN2O2S. The van der Waals surface area contributed by atoms with Crippen molar-refractivity contribution in [2.45, 2.75) is 37.8 Å². The number of carbonyl (C=O) groups excluding carboxylic acids is 1. The highest BCUT2D eigenvalue weighted by Crippen LogP contribution is 2.30. The third-order valence-electron chi connectivity index (χ3n) is 4.44. The van der Waals surface area contributed by atoms with Gasteiger partial charge in [0.25, 0.3) is 0 Å². The van der Waals surface area contributed by atoms with Gasteiger partial charge in [0.15, 0.2) is 0 Å². The quantitative estimate of drug-likeness (QED) is 0.890. The van der Waals surface area contributed by atoms with Crippen LogP contribution >= 0.6 is 23.7 Å². The van der Waals surface area contributed by atoms with Gasteiger partial charge >= 0.3 is 0 Å². The van der Waals surface area contributed by atoms with E-state index >= 15 is 0 Å². The van der Waals surface area contributed by atoms with E-state index < -0.39 is 6.10 Å². The van der Waals surface area contributed by atoms with Crippen molar-refractivity contribution in [3.05, 3.63) is 22.4 Å². The van der Waals surface area contributed by atoms with Crippen LogP contribution in [0.2, 0.25) is 0 Å². The molecule has 3 heterocycles. The molecule has 2 saturated heterocycles. The highest BCUT2D eigenvalue weighted by atomic mass is 35.5. The van der Waals surface area contributed by atoms with Crippen molar-refractivity contribution in [2.75, 3.05) is 19.6 Å². The molecule has 2 aliphatic rings. The SMILES string of the molecule is Cl.O=C(C1CCNC1)N1CCCC1CC(O)c1cccs1. The minimum absolute atomic E-state index is 0. The van der Waals surface area contributed by atoms with Crippen LogP contribution in [0, 0.1) is 5.92 Å². The lowest BCUT2D eigenvalue weighted by atomic mass is 10.0. The van der Waals surface area contributed by atoms with Gasteiger partial charge in [-0.2, -0.15) is 0 Å². The number of likely N-dealkylation sites (tertiary alicyclic amines) is 1. The average molecular weight is 331 g/mol. The predicted octanol–water partition coefficient (Wildman–Crippen LogP) is 2.19. The van der Waals surface area contributed by atoms with Crippen molar-refractivity contribution >= 4 is 29.7 Å². The second-order valence-corrected chi connectivity index (χ2v) is 6.76. The van der Waals surface area contributed by atoms with Crippen LogP contribution in [0.4, 0.5) is 0 Å². The van der Waals surface area contributed by atoms with E-state index in [2.05, 4.69) is 5.32 Å². The van der Waals surface area contributed by atoms with Gasteiger partial charge in [0.1, 0.15) is 0 Å². The van der Waals surface area contributed by atoms with E-state index in [0.717, 1.165) is 43.8 Å². The van der Waals surface area contributed by atoms with Crippen molar-refractivity contribution in [1.29, 1.82) is 0 Å². The molecule has 118 valence electrons. The summed E-state index contributed by atoms with van der Waals surface area (Å²) in [4.78, 5) is 15.6. The maximum absolute atomic E-state index is 12.5. The van der Waals surface area contributed by atoms with Crippen LogP contribution in [0.15, 0.2) is 17.5 Å². The molecule has 21 heavy (non-hydrogen) atoms. The van der Waals surface area contributed by atoms with E-state index in [4.69, 9.17) is 0 Å². The molecule has 1 amide bonds. The average Bonchev–Trinajstić information content (AvgIpc) is 3.20. The van der Waals surface area contributed by atoms with Crippen molar-refractivity contribution in [3.8, 4) is 0 Å². The fourth-order valence-electron chi connectivity index (χ4n) is 3.33. The van der Waals surface area contributed by atoms with Crippen LogP contribution in [0.1, 0.15) is 36.7 Å². The van der Waals surface area contributed by atoms with E-state index in [1.807, 2.05) is 22.4 Å². The molecule has 2 N–H and O–H groups in total. The molecule has 1 aromatic heterocycles. The number of hydrogen-bond donors (Lipinski definition) is 2. The third kappa shape index (κ3) is 3.77. The summed E-state index contributed by atoms with van der Waals surface area (Å²) in [7, 11) is 0. The van der Waals surface area contributed by atoms with Gasteiger partial charge < -0.3 is 15.3 Å². The molecule has 0 saturated carbocycles. The molecule has 3 unspecified atom stereocenters. The molecule has 0 radical (unpaired) electrons. The summed E-state index contributed by atoms with van der Waals surface area (Å²) in [6, 6.07) is 4.14. The zero-order valence-corrected chi connectivity index (χ0v) is 13.7. The molecule has 1 aromatic rings. The number of aliphatic hydroxyl groups is 1. The van der Waals surface area contributed by atoms with E-state index in [-0.39, 0.29) is 30.3 Å². The van der Waals surface area contributed by atoms with Crippen LogP contribution in [0.5, 0.6) is 0 Å². The first kappa shape index (κ1) is 16.7. The van der Waals surface area contributed by atoms with Gasteiger partial charge in [0.2, 0.25) is 5.91 Å². The molecule has 0 spiro atoms. The minimum Gasteiger partial charge on any atom is -0.387 e. The van der Waals surface area contributed by atoms with E-state index in [1.165, 1.54) is 0 Å². The van der Waals surface area contributed by atoms with Gasteiger partial charge in [-0.3, -0.25) is 4.79 Å². The Hall–Kier alpha value is -0.620. The Bertz CT molecular complexity index is 449. The van der Waals surface area contributed by atoms with Gasteiger partial charge in [-0.15, -0.1) is 23.7 Å². The van der Waals surface area contributed by atoms with Crippen LogP contribution in [0.3, 0.4) is 0 Å². The van der Waals surface area contributed by atoms with Crippen molar-refractivity contribution in [3.63, 3.8) is 0 Å². The number of rotatable bonds is 4. The molecular weight excluding hydrogens is 308 g/mol. The van der Waals surface area contributed by atoms with Gasteiger partial charge in [-0.1, -0.05) is 6.07 Å². The van der Waals surface area contributed by atoms with Gasteiger partial charge in [0, 0.05) is 24.0 Å². The highest BCUT2D eigenvalue weighted by Gasteiger charge is 2.35. The number of hydrogen-bond acceptors (Lipinski definition) is 4. The Kier molecular flexibility index (Phi) is 6.05. The number of nitrogens with one attached hydrogen (secondary N) is 1. The zero-order valence-electron chi connectivity index (χ0n) is 12.0. The van der Waals surface area contributed by atoms with Gasteiger partial charge in [-0.25, -0.2) is 0 Å². The standard InChI is InChI=1S/C15H22N2O2S.ClH/c18-13(14-4-2-8-20-14)9-12-3-1-7-17(12)15(19)11-5-6-16-10-11;/h2,4,8,11-13,16,18H,1,3,5-7,9-10H2;1H. The fraction of sp³-hybridized carbons (Fsp3) is 0.667. The van der Waals surface area contributed by atoms with Gasteiger partial charge in [-0.05, 0) is 43.7 Å². The van der Waals surface area contributed by atoms with Gasteiger partial charge in [0.05, 0.1) is 12.0 Å².